The summed E-state index contributed by atoms with van der Waals surface area (Å²) in [6, 6.07) is 45.5. The summed E-state index contributed by atoms with van der Waals surface area (Å²) in [5.41, 5.74) is 7.04. The van der Waals surface area contributed by atoms with Crippen LogP contribution >= 0.6 is 15.8 Å². The molecular formula is C41H39P2. The highest BCUT2D eigenvalue weighted by Crippen LogP contribution is 2.53. The van der Waals surface area contributed by atoms with Crippen molar-refractivity contribution in [1.82, 2.24) is 0 Å². The van der Waals surface area contributed by atoms with Gasteiger partial charge >= 0.3 is 0 Å². The molecule has 1 aliphatic rings. The molecule has 0 bridgehead atoms. The third kappa shape index (κ3) is 6.58. The molecule has 1 saturated carbocycles. The van der Waals surface area contributed by atoms with Gasteiger partial charge in [-0.05, 0) is 106 Å². The minimum Gasteiger partial charge on any atom is -0.0622 e. The van der Waals surface area contributed by atoms with E-state index in [-0.39, 0.29) is 0 Å². The van der Waals surface area contributed by atoms with Crippen molar-refractivity contribution >= 4 is 42.4 Å². The van der Waals surface area contributed by atoms with Crippen molar-refractivity contribution in [3.63, 3.8) is 0 Å². The van der Waals surface area contributed by atoms with E-state index in [9.17, 15) is 0 Å². The number of aryl methyl sites for hydroxylation is 4. The summed E-state index contributed by atoms with van der Waals surface area (Å²) >= 11 is 0. The molecule has 43 heavy (non-hydrogen) atoms. The highest BCUT2D eigenvalue weighted by Gasteiger charge is 2.40. The standard InChI is InChI=1S/C41H39P2/c1-29-23-30(2)26-36(25-29)42(37-27-31(3)24-32(4)28-37)33(5)38-20-14-21-39(38)40-19-12-13-22-41(40)43(34-15-8-6-9-16-34)35-17-10-7-11-18-35/h6-28,33H,1-5H3/t33-/m1/s1. The topological polar surface area (TPSA) is 0 Å². The molecule has 0 unspecified atom stereocenters. The molecule has 5 aromatic carbocycles. The maximum atomic E-state index is 2.46. The Balaban J connectivity index is 1.45. The summed E-state index contributed by atoms with van der Waals surface area (Å²) in [5, 5.41) is 7.09. The van der Waals surface area contributed by atoms with Gasteiger partial charge < -0.3 is 0 Å². The lowest BCUT2D eigenvalue weighted by Crippen LogP contribution is -2.30. The van der Waals surface area contributed by atoms with E-state index in [4.69, 9.17) is 0 Å². The molecule has 1 fully saturated rings. The largest absolute Gasteiger partial charge is 0.0622 e. The van der Waals surface area contributed by atoms with Gasteiger partial charge in [0.2, 0.25) is 0 Å². The average Bonchev–Trinajstić information content (AvgIpc) is 3.48. The van der Waals surface area contributed by atoms with Gasteiger partial charge in [0.15, 0.2) is 0 Å². The summed E-state index contributed by atoms with van der Waals surface area (Å²) in [6.07, 6.45) is 7.00. The predicted octanol–water partition coefficient (Wildman–Crippen LogP) is 8.32. The van der Waals surface area contributed by atoms with Crippen LogP contribution in [0.3, 0.4) is 0 Å². The van der Waals surface area contributed by atoms with Crippen LogP contribution in [0.2, 0.25) is 0 Å². The van der Waals surface area contributed by atoms with Crippen LogP contribution in [-0.2, 0) is 0 Å². The van der Waals surface area contributed by atoms with E-state index in [1.54, 1.807) is 0 Å². The molecule has 0 aliphatic heterocycles. The number of benzene rings is 5. The van der Waals surface area contributed by atoms with Gasteiger partial charge in [0.05, 0.1) is 0 Å². The van der Waals surface area contributed by atoms with Gasteiger partial charge in [-0.15, -0.1) is 0 Å². The number of hydrogen-bond acceptors (Lipinski definition) is 0. The smallest absolute Gasteiger partial charge is 0.0171 e. The molecule has 5 aromatic rings. The van der Waals surface area contributed by atoms with Crippen molar-refractivity contribution in [3.8, 4) is 0 Å². The van der Waals surface area contributed by atoms with Crippen LogP contribution in [0.25, 0.3) is 0 Å². The van der Waals surface area contributed by atoms with E-state index < -0.39 is 15.8 Å². The first-order valence-electron chi connectivity index (χ1n) is 15.1. The van der Waals surface area contributed by atoms with Gasteiger partial charge in [0, 0.05) is 5.92 Å². The highest BCUT2D eigenvalue weighted by molar-refractivity contribution is 7.80. The van der Waals surface area contributed by atoms with Crippen LogP contribution in [0.15, 0.2) is 121 Å². The maximum absolute atomic E-state index is 2.46. The summed E-state index contributed by atoms with van der Waals surface area (Å²) in [6.45, 7) is 11.4. The SMILES string of the molecule is Cc1cc(C)cc(P(c2cc(C)cc(C)c2)[C@H](C)[C]2[CH][CH][CH][C]2c2ccccc2P(c2ccccc2)c2ccccc2)c1. The van der Waals surface area contributed by atoms with Gasteiger partial charge in [-0.2, -0.15) is 0 Å². The van der Waals surface area contributed by atoms with Crippen LogP contribution in [0, 0.1) is 58.8 Å². The zero-order valence-electron chi connectivity index (χ0n) is 25.8. The van der Waals surface area contributed by atoms with E-state index in [0.717, 1.165) is 0 Å². The first kappa shape index (κ1) is 30.0. The second-order valence-electron chi connectivity index (χ2n) is 11.7. The quantitative estimate of drug-likeness (QED) is 0.159. The molecular weight excluding hydrogens is 554 g/mol. The molecule has 0 saturated heterocycles. The monoisotopic (exact) mass is 593 g/mol. The van der Waals surface area contributed by atoms with E-state index in [2.05, 4.69) is 175 Å². The van der Waals surface area contributed by atoms with Crippen LogP contribution in [0.5, 0.6) is 0 Å². The molecule has 0 nitrogen and oxygen atoms in total. The lowest BCUT2D eigenvalue weighted by Gasteiger charge is -2.35. The lowest BCUT2D eigenvalue weighted by atomic mass is 9.87. The molecule has 0 aromatic heterocycles. The molecule has 1 aliphatic carbocycles. The fraction of sp³-hybridized carbons (Fsp3) is 0.146. The minimum absolute atomic E-state index is 0.343. The zero-order valence-corrected chi connectivity index (χ0v) is 27.5. The maximum Gasteiger partial charge on any atom is 0.0171 e. The minimum atomic E-state index is -0.718. The van der Waals surface area contributed by atoms with Gasteiger partial charge in [-0.25, -0.2) is 0 Å². The van der Waals surface area contributed by atoms with Crippen molar-refractivity contribution < 1.29 is 0 Å². The summed E-state index contributed by atoms with van der Waals surface area (Å²) in [5.74, 6) is 2.80. The van der Waals surface area contributed by atoms with Crippen molar-refractivity contribution in [2.75, 3.05) is 0 Å². The Morgan fingerprint density at radius 2 is 0.953 bits per heavy atom. The Morgan fingerprint density at radius 1 is 0.488 bits per heavy atom. The Morgan fingerprint density at radius 3 is 1.47 bits per heavy atom. The third-order valence-corrected chi connectivity index (χ3v) is 13.3. The Kier molecular flexibility index (Phi) is 9.28. The molecule has 0 N–H and O–H groups in total. The van der Waals surface area contributed by atoms with Crippen LogP contribution in [0.4, 0.5) is 0 Å². The fourth-order valence-electron chi connectivity index (χ4n) is 6.44. The Labute approximate surface area is 262 Å². The van der Waals surface area contributed by atoms with Gasteiger partial charge in [0.25, 0.3) is 0 Å². The van der Waals surface area contributed by atoms with E-state index in [1.807, 2.05) is 0 Å². The van der Waals surface area contributed by atoms with Crippen LogP contribution < -0.4 is 26.5 Å². The summed E-state index contributed by atoms with van der Waals surface area (Å²) < 4.78 is 0. The highest BCUT2D eigenvalue weighted by atomic mass is 31.1. The molecule has 6 rings (SSSR count). The zero-order chi connectivity index (χ0) is 29.9. The van der Waals surface area contributed by atoms with Gasteiger partial charge in [-0.1, -0.05) is 151 Å². The van der Waals surface area contributed by atoms with Gasteiger partial charge in [0.1, 0.15) is 0 Å². The normalized spacial score (nSPS) is 15.0. The van der Waals surface area contributed by atoms with E-state index in [1.165, 1.54) is 66.2 Å². The van der Waals surface area contributed by atoms with E-state index in [0.29, 0.717) is 5.66 Å². The van der Waals surface area contributed by atoms with Crippen molar-refractivity contribution in [1.29, 1.82) is 0 Å². The van der Waals surface area contributed by atoms with Crippen LogP contribution in [0.1, 0.15) is 34.7 Å². The number of hydrogen-bond donors (Lipinski definition) is 0. The van der Waals surface area contributed by atoms with Gasteiger partial charge in [-0.3, -0.25) is 0 Å². The molecule has 0 spiro atoms. The molecule has 0 heterocycles. The molecule has 5 radical (unpaired) electrons. The Hall–Kier alpha value is -3.04. The average molecular weight is 594 g/mol. The van der Waals surface area contributed by atoms with Crippen LogP contribution in [-0.4, -0.2) is 5.66 Å². The lowest BCUT2D eigenvalue weighted by molar-refractivity contribution is 0.963. The number of rotatable bonds is 8. The molecule has 0 amide bonds. The predicted molar refractivity (Wildman–Crippen MR) is 191 cm³/mol. The fourth-order valence-corrected chi connectivity index (χ4v) is 12.0. The second kappa shape index (κ2) is 13.3. The third-order valence-electron chi connectivity index (χ3n) is 8.12. The molecule has 213 valence electrons. The molecule has 2 heteroatoms. The summed E-state index contributed by atoms with van der Waals surface area (Å²) in [7, 11) is -1.36. The summed E-state index contributed by atoms with van der Waals surface area (Å²) in [4.78, 5) is 0. The van der Waals surface area contributed by atoms with E-state index >= 15 is 0 Å². The first-order valence-corrected chi connectivity index (χ1v) is 17.9. The van der Waals surface area contributed by atoms with Crippen molar-refractivity contribution in [2.45, 2.75) is 40.3 Å². The second-order valence-corrected chi connectivity index (χ2v) is 16.4. The first-order chi connectivity index (χ1) is 20.9. The Bertz CT molecular complexity index is 1540. The van der Waals surface area contributed by atoms with Crippen molar-refractivity contribution in [3.05, 3.63) is 180 Å². The molecule has 1 atom stereocenters. The van der Waals surface area contributed by atoms with Crippen molar-refractivity contribution in [2.24, 2.45) is 0 Å².